The summed E-state index contributed by atoms with van der Waals surface area (Å²) in [5.41, 5.74) is 2.15. The van der Waals surface area contributed by atoms with Gasteiger partial charge in [0.25, 0.3) is 0 Å². The Bertz CT molecular complexity index is 694. The molecule has 0 amide bonds. The quantitative estimate of drug-likeness (QED) is 0.879. The van der Waals surface area contributed by atoms with E-state index in [4.69, 9.17) is 5.11 Å². The minimum absolute atomic E-state index is 0.0310. The third kappa shape index (κ3) is 3.42. The number of rotatable bonds is 5. The zero-order chi connectivity index (χ0) is 16.2. The van der Waals surface area contributed by atoms with Gasteiger partial charge in [0.2, 0.25) is 0 Å². The molecule has 1 aliphatic carbocycles. The highest BCUT2D eigenvalue weighted by Crippen LogP contribution is 2.35. The molecule has 0 spiro atoms. The molecule has 0 heterocycles. The molecular formula is C19H19NO3. The summed E-state index contributed by atoms with van der Waals surface area (Å²) in [5, 5.41) is 12.4. The second-order valence-corrected chi connectivity index (χ2v) is 5.88. The van der Waals surface area contributed by atoms with Crippen LogP contribution in [0.3, 0.4) is 0 Å². The number of carbonyl (C=O) groups is 2. The van der Waals surface area contributed by atoms with Gasteiger partial charge >= 0.3 is 5.97 Å². The Balaban J connectivity index is 1.86. The fourth-order valence-electron chi connectivity index (χ4n) is 3.16. The molecule has 4 nitrogen and oxygen atoms in total. The van der Waals surface area contributed by atoms with Crippen LogP contribution in [-0.2, 0) is 4.79 Å². The maximum atomic E-state index is 12.2. The number of hydrogen-bond acceptors (Lipinski definition) is 3. The van der Waals surface area contributed by atoms with Crippen LogP contribution in [0.4, 0.5) is 5.69 Å². The topological polar surface area (TPSA) is 66.4 Å². The molecular weight excluding hydrogens is 290 g/mol. The number of benzene rings is 2. The van der Waals surface area contributed by atoms with E-state index in [-0.39, 0.29) is 17.5 Å². The van der Waals surface area contributed by atoms with E-state index in [2.05, 4.69) is 5.32 Å². The first-order valence-corrected chi connectivity index (χ1v) is 7.83. The molecule has 23 heavy (non-hydrogen) atoms. The summed E-state index contributed by atoms with van der Waals surface area (Å²) in [6.07, 6.45) is 2.47. The second-order valence-electron chi connectivity index (χ2n) is 5.88. The van der Waals surface area contributed by atoms with Gasteiger partial charge in [0.05, 0.1) is 11.6 Å². The van der Waals surface area contributed by atoms with Crippen molar-refractivity contribution < 1.29 is 14.7 Å². The highest BCUT2D eigenvalue weighted by molar-refractivity contribution is 5.88. The molecule has 1 fully saturated rings. The Labute approximate surface area is 135 Å². The highest BCUT2D eigenvalue weighted by atomic mass is 16.4. The molecule has 2 aromatic rings. The number of carboxylic acids is 1. The molecule has 2 aromatic carbocycles. The molecule has 3 rings (SSSR count). The van der Waals surface area contributed by atoms with E-state index >= 15 is 0 Å². The summed E-state index contributed by atoms with van der Waals surface area (Å²) in [6.45, 7) is 0. The van der Waals surface area contributed by atoms with Crippen molar-refractivity contribution in [3.8, 4) is 0 Å². The van der Waals surface area contributed by atoms with Gasteiger partial charge in [-0.25, -0.2) is 4.79 Å². The van der Waals surface area contributed by atoms with Crippen LogP contribution in [-0.4, -0.2) is 16.9 Å². The number of anilines is 1. The maximum Gasteiger partial charge on any atom is 0.335 e. The fourth-order valence-corrected chi connectivity index (χ4v) is 3.16. The van der Waals surface area contributed by atoms with E-state index in [1.807, 2.05) is 30.3 Å². The smallest absolute Gasteiger partial charge is 0.335 e. The molecule has 4 heteroatoms. The summed E-state index contributed by atoms with van der Waals surface area (Å²) in [6, 6.07) is 16.5. The van der Waals surface area contributed by atoms with Crippen molar-refractivity contribution in [2.24, 2.45) is 5.92 Å². The molecule has 0 saturated heterocycles. The minimum Gasteiger partial charge on any atom is -0.478 e. The van der Waals surface area contributed by atoms with Gasteiger partial charge in [-0.1, -0.05) is 30.3 Å². The van der Waals surface area contributed by atoms with Crippen molar-refractivity contribution in [2.75, 3.05) is 5.32 Å². The monoisotopic (exact) mass is 309 g/mol. The lowest BCUT2D eigenvalue weighted by molar-refractivity contribution is -0.121. The third-order valence-corrected chi connectivity index (χ3v) is 4.37. The average molecular weight is 309 g/mol. The van der Waals surface area contributed by atoms with Gasteiger partial charge in [0.15, 0.2) is 0 Å². The number of aromatic carboxylic acids is 1. The molecule has 0 radical (unpaired) electrons. The maximum absolute atomic E-state index is 12.2. The Morgan fingerprint density at radius 3 is 2.35 bits per heavy atom. The van der Waals surface area contributed by atoms with Crippen LogP contribution in [0.5, 0.6) is 0 Å². The first-order valence-electron chi connectivity index (χ1n) is 7.83. The lowest BCUT2D eigenvalue weighted by atomic mass is 9.90. The van der Waals surface area contributed by atoms with Crippen molar-refractivity contribution in [3.63, 3.8) is 0 Å². The molecule has 0 aromatic heterocycles. The standard InChI is InChI=1S/C19H19NO3/c21-17-8-4-7-16(17)18(13-5-2-1-3-6-13)20-15-11-9-14(10-12-15)19(22)23/h1-3,5-6,9-12,16,18,20H,4,7-8H2,(H,22,23). The largest absolute Gasteiger partial charge is 0.478 e. The minimum atomic E-state index is -0.942. The van der Waals surface area contributed by atoms with Crippen LogP contribution in [0.15, 0.2) is 54.6 Å². The molecule has 2 atom stereocenters. The Kier molecular flexibility index (Phi) is 4.42. The summed E-state index contributed by atoms with van der Waals surface area (Å²) < 4.78 is 0. The van der Waals surface area contributed by atoms with Crippen LogP contribution in [0.2, 0.25) is 0 Å². The van der Waals surface area contributed by atoms with Crippen molar-refractivity contribution >= 4 is 17.4 Å². The van der Waals surface area contributed by atoms with Crippen molar-refractivity contribution in [2.45, 2.75) is 25.3 Å². The SMILES string of the molecule is O=C(O)c1ccc(NC(c2ccccc2)C2CCCC2=O)cc1. The molecule has 0 aliphatic heterocycles. The van der Waals surface area contributed by atoms with Gasteiger partial charge in [0, 0.05) is 18.0 Å². The van der Waals surface area contributed by atoms with E-state index in [1.54, 1.807) is 24.3 Å². The molecule has 118 valence electrons. The average Bonchev–Trinajstić information content (AvgIpc) is 2.99. The zero-order valence-electron chi connectivity index (χ0n) is 12.7. The predicted molar refractivity (Wildman–Crippen MR) is 88.6 cm³/mol. The van der Waals surface area contributed by atoms with E-state index < -0.39 is 5.97 Å². The number of carboxylic acid groups (broad SMARTS) is 1. The summed E-state index contributed by atoms with van der Waals surface area (Å²) in [5.74, 6) is -0.674. The summed E-state index contributed by atoms with van der Waals surface area (Å²) >= 11 is 0. The zero-order valence-corrected chi connectivity index (χ0v) is 12.7. The molecule has 2 unspecified atom stereocenters. The molecule has 1 aliphatic rings. The van der Waals surface area contributed by atoms with E-state index in [9.17, 15) is 9.59 Å². The van der Waals surface area contributed by atoms with Crippen molar-refractivity contribution in [1.29, 1.82) is 0 Å². The van der Waals surface area contributed by atoms with Crippen molar-refractivity contribution in [3.05, 3.63) is 65.7 Å². The summed E-state index contributed by atoms with van der Waals surface area (Å²) in [7, 11) is 0. The second kappa shape index (κ2) is 6.65. The Hall–Kier alpha value is -2.62. The van der Waals surface area contributed by atoms with Gasteiger partial charge in [0.1, 0.15) is 5.78 Å². The van der Waals surface area contributed by atoms with Crippen LogP contribution < -0.4 is 5.32 Å². The van der Waals surface area contributed by atoms with Gasteiger partial charge in [-0.3, -0.25) is 4.79 Å². The van der Waals surface area contributed by atoms with Crippen LogP contribution in [0, 0.1) is 5.92 Å². The Morgan fingerprint density at radius 1 is 1.09 bits per heavy atom. The van der Waals surface area contributed by atoms with Gasteiger partial charge in [-0.15, -0.1) is 0 Å². The summed E-state index contributed by atoms with van der Waals surface area (Å²) in [4.78, 5) is 23.1. The van der Waals surface area contributed by atoms with Crippen LogP contribution in [0.1, 0.15) is 41.2 Å². The first kappa shape index (κ1) is 15.3. The number of Topliss-reactive ketones (excluding diaryl/α,β-unsaturated/α-hetero) is 1. The number of hydrogen-bond donors (Lipinski definition) is 2. The molecule has 1 saturated carbocycles. The third-order valence-electron chi connectivity index (χ3n) is 4.37. The van der Waals surface area contributed by atoms with Crippen LogP contribution >= 0.6 is 0 Å². The first-order chi connectivity index (χ1) is 11.1. The van der Waals surface area contributed by atoms with Gasteiger partial charge in [-0.2, -0.15) is 0 Å². The Morgan fingerprint density at radius 2 is 1.78 bits per heavy atom. The van der Waals surface area contributed by atoms with Crippen LogP contribution in [0.25, 0.3) is 0 Å². The van der Waals surface area contributed by atoms with E-state index in [1.165, 1.54) is 0 Å². The number of nitrogens with one attached hydrogen (secondary N) is 1. The van der Waals surface area contributed by atoms with Gasteiger partial charge in [-0.05, 0) is 42.7 Å². The lowest BCUT2D eigenvalue weighted by Gasteiger charge is -2.25. The highest BCUT2D eigenvalue weighted by Gasteiger charge is 2.33. The van der Waals surface area contributed by atoms with E-state index in [0.29, 0.717) is 12.2 Å². The number of carbonyl (C=O) groups excluding carboxylic acids is 1. The van der Waals surface area contributed by atoms with E-state index in [0.717, 1.165) is 24.1 Å². The molecule has 0 bridgehead atoms. The van der Waals surface area contributed by atoms with Crippen molar-refractivity contribution in [1.82, 2.24) is 0 Å². The lowest BCUT2D eigenvalue weighted by Crippen LogP contribution is -2.24. The predicted octanol–water partition coefficient (Wildman–Crippen LogP) is 3.91. The number of ketones is 1. The van der Waals surface area contributed by atoms with Gasteiger partial charge < -0.3 is 10.4 Å². The normalized spacial score (nSPS) is 18.6. The molecule has 2 N–H and O–H groups in total. The fraction of sp³-hybridized carbons (Fsp3) is 0.263.